The highest BCUT2D eigenvalue weighted by Gasteiger charge is 2.17. The molecule has 0 aromatic heterocycles. The Balaban J connectivity index is 2.00. The van der Waals surface area contributed by atoms with Crippen molar-refractivity contribution in [2.45, 2.75) is 55.5 Å². The van der Waals surface area contributed by atoms with Gasteiger partial charge in [0.25, 0.3) is 0 Å². The first-order valence-corrected chi connectivity index (χ1v) is 8.35. The average molecular weight is 274 g/mol. The molecule has 0 bridgehead atoms. The summed E-state index contributed by atoms with van der Waals surface area (Å²) in [4.78, 5) is 1.25. The SMILES string of the molecule is CSc1ccc(C(C#N)NC2CCCCCC2)cc1. The maximum absolute atomic E-state index is 9.39. The summed E-state index contributed by atoms with van der Waals surface area (Å²) in [6, 6.07) is 11.1. The van der Waals surface area contributed by atoms with Gasteiger partial charge in [-0.1, -0.05) is 37.8 Å². The van der Waals surface area contributed by atoms with Gasteiger partial charge in [0.05, 0.1) is 6.07 Å². The number of rotatable bonds is 4. The summed E-state index contributed by atoms with van der Waals surface area (Å²) in [5.41, 5.74) is 1.09. The van der Waals surface area contributed by atoms with Gasteiger partial charge in [0.2, 0.25) is 0 Å². The maximum atomic E-state index is 9.39. The largest absolute Gasteiger partial charge is 0.295 e. The van der Waals surface area contributed by atoms with Crippen molar-refractivity contribution >= 4 is 11.8 Å². The molecule has 1 aromatic carbocycles. The van der Waals surface area contributed by atoms with Crippen molar-refractivity contribution in [3.63, 3.8) is 0 Å². The Bertz CT molecular complexity index is 413. The van der Waals surface area contributed by atoms with E-state index in [-0.39, 0.29) is 6.04 Å². The van der Waals surface area contributed by atoms with Crippen molar-refractivity contribution in [1.82, 2.24) is 5.32 Å². The molecule has 0 heterocycles. The molecule has 1 fully saturated rings. The lowest BCUT2D eigenvalue weighted by Crippen LogP contribution is -2.31. The lowest BCUT2D eigenvalue weighted by Gasteiger charge is -2.20. The van der Waals surface area contributed by atoms with Gasteiger partial charge in [-0.05, 0) is 36.8 Å². The molecule has 2 rings (SSSR count). The summed E-state index contributed by atoms with van der Waals surface area (Å²) in [6.45, 7) is 0. The third kappa shape index (κ3) is 4.26. The van der Waals surface area contributed by atoms with Gasteiger partial charge in [-0.15, -0.1) is 11.8 Å². The van der Waals surface area contributed by atoms with E-state index in [2.05, 4.69) is 41.9 Å². The van der Waals surface area contributed by atoms with Gasteiger partial charge in [-0.2, -0.15) is 5.26 Å². The third-order valence-corrected chi connectivity index (χ3v) is 4.58. The van der Waals surface area contributed by atoms with Crippen LogP contribution in [0.3, 0.4) is 0 Å². The topological polar surface area (TPSA) is 35.8 Å². The van der Waals surface area contributed by atoms with E-state index < -0.39 is 0 Å². The smallest absolute Gasteiger partial charge is 0.121 e. The standard InChI is InChI=1S/C16H22N2S/c1-19-15-10-8-13(9-11-15)16(12-17)18-14-6-4-2-3-5-7-14/h8-11,14,16,18H,2-7H2,1H3. The Hall–Kier alpha value is -0.980. The second kappa shape index (κ2) is 7.57. The Morgan fingerprint density at radius 2 is 1.79 bits per heavy atom. The number of nitriles is 1. The second-order valence-electron chi connectivity index (χ2n) is 5.19. The van der Waals surface area contributed by atoms with Crippen molar-refractivity contribution in [2.75, 3.05) is 6.26 Å². The molecule has 0 radical (unpaired) electrons. The molecule has 1 aliphatic rings. The van der Waals surface area contributed by atoms with E-state index in [0.717, 1.165) is 5.56 Å². The van der Waals surface area contributed by atoms with E-state index in [9.17, 15) is 5.26 Å². The molecule has 102 valence electrons. The van der Waals surface area contributed by atoms with Crippen molar-refractivity contribution < 1.29 is 0 Å². The quantitative estimate of drug-likeness (QED) is 0.657. The maximum Gasteiger partial charge on any atom is 0.121 e. The monoisotopic (exact) mass is 274 g/mol. The van der Waals surface area contributed by atoms with Gasteiger partial charge in [0.1, 0.15) is 6.04 Å². The number of benzene rings is 1. The van der Waals surface area contributed by atoms with Gasteiger partial charge < -0.3 is 0 Å². The summed E-state index contributed by atoms with van der Waals surface area (Å²) in [5, 5.41) is 12.9. The Morgan fingerprint density at radius 1 is 1.16 bits per heavy atom. The fraction of sp³-hybridized carbons (Fsp3) is 0.562. The van der Waals surface area contributed by atoms with Crippen LogP contribution in [0, 0.1) is 11.3 Å². The van der Waals surface area contributed by atoms with E-state index in [1.54, 1.807) is 11.8 Å². The summed E-state index contributed by atoms with van der Waals surface area (Å²) < 4.78 is 0. The minimum absolute atomic E-state index is 0.168. The van der Waals surface area contributed by atoms with Crippen LogP contribution in [0.25, 0.3) is 0 Å². The zero-order valence-electron chi connectivity index (χ0n) is 11.6. The first kappa shape index (κ1) is 14.4. The normalized spacial score (nSPS) is 18.5. The molecule has 1 unspecified atom stereocenters. The lowest BCUT2D eigenvalue weighted by molar-refractivity contribution is 0.436. The zero-order chi connectivity index (χ0) is 13.5. The van der Waals surface area contributed by atoms with Crippen LogP contribution in [0.4, 0.5) is 0 Å². The van der Waals surface area contributed by atoms with Crippen LogP contribution in [-0.4, -0.2) is 12.3 Å². The molecule has 0 saturated heterocycles. The Morgan fingerprint density at radius 3 is 2.32 bits per heavy atom. The van der Waals surface area contributed by atoms with Crippen LogP contribution in [0.2, 0.25) is 0 Å². The lowest BCUT2D eigenvalue weighted by atomic mass is 10.0. The second-order valence-corrected chi connectivity index (χ2v) is 6.07. The molecule has 0 spiro atoms. The van der Waals surface area contributed by atoms with Crippen LogP contribution in [0.15, 0.2) is 29.2 Å². The van der Waals surface area contributed by atoms with Crippen molar-refractivity contribution in [3.05, 3.63) is 29.8 Å². The first-order chi connectivity index (χ1) is 9.33. The summed E-state index contributed by atoms with van der Waals surface area (Å²) in [7, 11) is 0. The van der Waals surface area contributed by atoms with E-state index >= 15 is 0 Å². The van der Waals surface area contributed by atoms with Crippen molar-refractivity contribution in [2.24, 2.45) is 0 Å². The first-order valence-electron chi connectivity index (χ1n) is 7.13. The highest BCUT2D eigenvalue weighted by molar-refractivity contribution is 7.98. The van der Waals surface area contributed by atoms with E-state index in [4.69, 9.17) is 0 Å². The predicted octanol–water partition coefficient (Wildman–Crippen LogP) is 4.29. The number of thioether (sulfide) groups is 1. The predicted molar refractivity (Wildman–Crippen MR) is 81.2 cm³/mol. The summed E-state index contributed by atoms with van der Waals surface area (Å²) in [6.07, 6.45) is 9.76. The molecular weight excluding hydrogens is 252 g/mol. The minimum Gasteiger partial charge on any atom is -0.295 e. The molecule has 0 aliphatic heterocycles. The molecule has 1 saturated carbocycles. The van der Waals surface area contributed by atoms with Crippen LogP contribution < -0.4 is 5.32 Å². The van der Waals surface area contributed by atoms with E-state index in [1.807, 2.05) is 0 Å². The average Bonchev–Trinajstić information content (AvgIpc) is 2.73. The third-order valence-electron chi connectivity index (χ3n) is 3.84. The summed E-state index contributed by atoms with van der Waals surface area (Å²) in [5.74, 6) is 0. The van der Waals surface area contributed by atoms with Crippen molar-refractivity contribution in [1.29, 1.82) is 5.26 Å². The number of hydrogen-bond acceptors (Lipinski definition) is 3. The Labute approximate surface area is 120 Å². The molecule has 19 heavy (non-hydrogen) atoms. The number of nitrogens with zero attached hydrogens (tertiary/aromatic N) is 1. The highest BCUT2D eigenvalue weighted by atomic mass is 32.2. The zero-order valence-corrected chi connectivity index (χ0v) is 12.4. The van der Waals surface area contributed by atoms with Gasteiger partial charge in [-0.3, -0.25) is 5.32 Å². The van der Waals surface area contributed by atoms with Gasteiger partial charge in [-0.25, -0.2) is 0 Å². The van der Waals surface area contributed by atoms with Crippen LogP contribution in [0.1, 0.15) is 50.1 Å². The molecule has 1 atom stereocenters. The molecule has 1 aromatic rings. The van der Waals surface area contributed by atoms with E-state index in [0.29, 0.717) is 6.04 Å². The Kier molecular flexibility index (Phi) is 5.75. The van der Waals surface area contributed by atoms with Gasteiger partial charge in [0.15, 0.2) is 0 Å². The molecule has 1 aliphatic carbocycles. The minimum atomic E-state index is -0.168. The van der Waals surface area contributed by atoms with Gasteiger partial charge in [0, 0.05) is 10.9 Å². The van der Waals surface area contributed by atoms with Crippen molar-refractivity contribution in [3.8, 4) is 6.07 Å². The molecule has 3 heteroatoms. The molecular formula is C16H22N2S. The number of hydrogen-bond donors (Lipinski definition) is 1. The molecule has 2 nitrogen and oxygen atoms in total. The highest BCUT2D eigenvalue weighted by Crippen LogP contribution is 2.22. The fourth-order valence-corrected chi connectivity index (χ4v) is 3.09. The summed E-state index contributed by atoms with van der Waals surface area (Å²) >= 11 is 1.73. The van der Waals surface area contributed by atoms with Gasteiger partial charge >= 0.3 is 0 Å². The molecule has 0 amide bonds. The molecule has 1 N–H and O–H groups in total. The number of nitrogens with one attached hydrogen (secondary N) is 1. The van der Waals surface area contributed by atoms with Crippen LogP contribution >= 0.6 is 11.8 Å². The van der Waals surface area contributed by atoms with E-state index in [1.165, 1.54) is 43.4 Å². The van der Waals surface area contributed by atoms with Crippen LogP contribution in [0.5, 0.6) is 0 Å². The van der Waals surface area contributed by atoms with Crippen LogP contribution in [-0.2, 0) is 0 Å². The fourth-order valence-electron chi connectivity index (χ4n) is 2.69.